The molecule has 11 nitrogen and oxygen atoms in total. The first-order valence-electron chi connectivity index (χ1n) is 13.0. The number of esters is 3. The van der Waals surface area contributed by atoms with E-state index in [4.69, 9.17) is 18.9 Å². The van der Waals surface area contributed by atoms with Crippen molar-refractivity contribution in [3.05, 3.63) is 84.0 Å². The zero-order valence-corrected chi connectivity index (χ0v) is 23.3. The monoisotopic (exact) mass is 577 g/mol. The summed E-state index contributed by atoms with van der Waals surface area (Å²) in [6.45, 7) is 5.81. The number of ether oxygens (including phenoxy) is 5. The van der Waals surface area contributed by atoms with Crippen LogP contribution in [-0.2, 0) is 39.9 Å². The molecule has 0 atom stereocenters. The highest BCUT2D eigenvalue weighted by molar-refractivity contribution is 6.12. The zero-order valence-electron chi connectivity index (χ0n) is 23.3. The Balaban J connectivity index is 1.43. The number of benzene rings is 2. The second-order valence-corrected chi connectivity index (χ2v) is 8.79. The quantitative estimate of drug-likeness (QED) is 0.102. The molecule has 2 aromatic rings. The molecule has 0 spiro atoms. The number of hydrogen-bond acceptors (Lipinski definition) is 10. The van der Waals surface area contributed by atoms with Crippen LogP contribution in [-0.4, -0.2) is 68.1 Å². The van der Waals surface area contributed by atoms with Crippen LogP contribution in [0.15, 0.2) is 72.8 Å². The van der Waals surface area contributed by atoms with Gasteiger partial charge in [-0.05, 0) is 60.0 Å². The van der Waals surface area contributed by atoms with Crippen LogP contribution in [0.4, 0.5) is 0 Å². The summed E-state index contributed by atoms with van der Waals surface area (Å²) in [4.78, 5) is 59.6. The van der Waals surface area contributed by atoms with Crippen molar-refractivity contribution in [1.82, 2.24) is 4.90 Å². The fourth-order valence-electron chi connectivity index (χ4n) is 3.67. The van der Waals surface area contributed by atoms with E-state index in [9.17, 15) is 24.0 Å². The molecule has 2 aromatic carbocycles. The highest BCUT2D eigenvalue weighted by Gasteiger charge is 2.22. The van der Waals surface area contributed by atoms with Crippen LogP contribution < -0.4 is 14.2 Å². The smallest absolute Gasteiger partial charge is 0.336 e. The van der Waals surface area contributed by atoms with E-state index < -0.39 is 17.9 Å². The van der Waals surface area contributed by atoms with E-state index >= 15 is 0 Å². The highest BCUT2D eigenvalue weighted by atomic mass is 16.6. The van der Waals surface area contributed by atoms with Crippen molar-refractivity contribution < 1.29 is 47.7 Å². The predicted molar refractivity (Wildman–Crippen MR) is 151 cm³/mol. The molecule has 0 radical (unpaired) electrons. The molecule has 1 heterocycles. The summed E-state index contributed by atoms with van der Waals surface area (Å²) in [5, 5.41) is 0. The molecule has 2 amide bonds. The molecule has 0 saturated carbocycles. The summed E-state index contributed by atoms with van der Waals surface area (Å²) >= 11 is 0. The van der Waals surface area contributed by atoms with Crippen LogP contribution in [0, 0.1) is 0 Å². The number of aryl methyl sites for hydroxylation is 1. The van der Waals surface area contributed by atoms with E-state index in [-0.39, 0.29) is 50.2 Å². The summed E-state index contributed by atoms with van der Waals surface area (Å²) in [5.41, 5.74) is 1.73. The van der Waals surface area contributed by atoms with Gasteiger partial charge in [-0.1, -0.05) is 19.6 Å². The van der Waals surface area contributed by atoms with Crippen molar-refractivity contribution in [1.29, 1.82) is 0 Å². The van der Waals surface area contributed by atoms with Crippen molar-refractivity contribution in [2.45, 2.75) is 19.8 Å². The van der Waals surface area contributed by atoms with Crippen molar-refractivity contribution in [2.24, 2.45) is 0 Å². The van der Waals surface area contributed by atoms with Gasteiger partial charge in [0, 0.05) is 23.8 Å². The van der Waals surface area contributed by atoms with Gasteiger partial charge in [0.25, 0.3) is 11.8 Å². The molecule has 1 aliphatic rings. The fraction of sp³-hybridized carbons (Fsp3) is 0.258. The van der Waals surface area contributed by atoms with Gasteiger partial charge in [0.1, 0.15) is 37.1 Å². The molecule has 0 unspecified atom stereocenters. The van der Waals surface area contributed by atoms with E-state index in [0.29, 0.717) is 23.7 Å². The molecule has 0 bridgehead atoms. The predicted octanol–water partition coefficient (Wildman–Crippen LogP) is 3.21. The Morgan fingerprint density at radius 3 is 2.19 bits per heavy atom. The second kappa shape index (κ2) is 15.6. The molecular formula is C31H31NO10. The zero-order chi connectivity index (χ0) is 30.5. The van der Waals surface area contributed by atoms with Crippen LogP contribution >= 0.6 is 0 Å². The highest BCUT2D eigenvalue weighted by Crippen LogP contribution is 2.21. The van der Waals surface area contributed by atoms with Gasteiger partial charge in [-0.15, -0.1) is 0 Å². The lowest BCUT2D eigenvalue weighted by molar-refractivity contribution is -0.144. The third-order valence-electron chi connectivity index (χ3n) is 5.88. The maximum absolute atomic E-state index is 12.4. The minimum atomic E-state index is -0.696. The molecule has 11 heteroatoms. The van der Waals surface area contributed by atoms with Gasteiger partial charge >= 0.3 is 17.9 Å². The average Bonchev–Trinajstić information content (AvgIpc) is 3.31. The normalized spacial score (nSPS) is 12.4. The van der Waals surface area contributed by atoms with Gasteiger partial charge in [-0.3, -0.25) is 19.3 Å². The third kappa shape index (κ3) is 9.47. The number of nitrogens with zero attached hydrogens (tertiary/aromatic N) is 1. The van der Waals surface area contributed by atoms with E-state index in [1.54, 1.807) is 42.5 Å². The maximum Gasteiger partial charge on any atom is 0.336 e. The standard InChI is InChI=1S/C31H31NO10/c1-4-22-20-26(40-17-18-41-31(37)21(2)19-30(36)38-3)7-5-23(22)6-14-29(35)42-25-10-8-24(9-11-25)39-16-15-32-27(33)12-13-28(32)34/h5-14,20H,2,4,15-19H2,1,3H3/b14-6+. The summed E-state index contributed by atoms with van der Waals surface area (Å²) in [6, 6.07) is 11.7. The Bertz CT molecular complexity index is 1370. The summed E-state index contributed by atoms with van der Waals surface area (Å²) in [5.74, 6) is -1.20. The Morgan fingerprint density at radius 1 is 0.881 bits per heavy atom. The lowest BCUT2D eigenvalue weighted by atomic mass is 10.0. The number of carbonyl (C=O) groups is 5. The van der Waals surface area contributed by atoms with Crippen LogP contribution in [0.3, 0.4) is 0 Å². The maximum atomic E-state index is 12.4. The molecule has 0 aliphatic carbocycles. The first-order chi connectivity index (χ1) is 20.2. The molecular weight excluding hydrogens is 546 g/mol. The molecule has 0 saturated heterocycles. The van der Waals surface area contributed by atoms with Crippen LogP contribution in [0.5, 0.6) is 17.2 Å². The minimum absolute atomic E-state index is 0.00320. The van der Waals surface area contributed by atoms with Gasteiger partial charge in [0.2, 0.25) is 0 Å². The molecule has 42 heavy (non-hydrogen) atoms. The molecule has 1 aliphatic heterocycles. The van der Waals surface area contributed by atoms with Gasteiger partial charge in [-0.2, -0.15) is 0 Å². The Kier molecular flexibility index (Phi) is 11.6. The lowest BCUT2D eigenvalue weighted by Crippen LogP contribution is -2.33. The van der Waals surface area contributed by atoms with Gasteiger partial charge < -0.3 is 23.7 Å². The van der Waals surface area contributed by atoms with Gasteiger partial charge in [-0.25, -0.2) is 9.59 Å². The minimum Gasteiger partial charge on any atom is -0.492 e. The second-order valence-electron chi connectivity index (χ2n) is 8.79. The Hall–Kier alpha value is -5.19. The third-order valence-corrected chi connectivity index (χ3v) is 5.88. The first-order valence-corrected chi connectivity index (χ1v) is 13.0. The summed E-state index contributed by atoms with van der Waals surface area (Å²) in [6.07, 6.45) is 5.83. The molecule has 0 fully saturated rings. The van der Waals surface area contributed by atoms with Gasteiger partial charge in [0.05, 0.1) is 20.1 Å². The summed E-state index contributed by atoms with van der Waals surface area (Å²) in [7, 11) is 1.22. The number of methoxy groups -OCH3 is 1. The number of hydrogen-bond donors (Lipinski definition) is 0. The molecule has 0 N–H and O–H groups in total. The van der Waals surface area contributed by atoms with Crippen molar-refractivity contribution in [2.75, 3.05) is 33.5 Å². The number of carbonyl (C=O) groups excluding carboxylic acids is 5. The Morgan fingerprint density at radius 2 is 1.52 bits per heavy atom. The molecule has 0 aromatic heterocycles. The summed E-state index contributed by atoms with van der Waals surface area (Å²) < 4.78 is 26.1. The number of rotatable bonds is 15. The fourth-order valence-corrected chi connectivity index (χ4v) is 3.67. The topological polar surface area (TPSA) is 135 Å². The number of amides is 2. The lowest BCUT2D eigenvalue weighted by Gasteiger charge is -2.14. The van der Waals surface area contributed by atoms with Crippen molar-refractivity contribution >= 4 is 35.8 Å². The van der Waals surface area contributed by atoms with Crippen LogP contribution in [0.25, 0.3) is 6.08 Å². The van der Waals surface area contributed by atoms with Gasteiger partial charge in [0.15, 0.2) is 0 Å². The molecule has 220 valence electrons. The first kappa shape index (κ1) is 31.3. The van der Waals surface area contributed by atoms with E-state index in [1.807, 2.05) is 13.0 Å². The average molecular weight is 578 g/mol. The van der Waals surface area contributed by atoms with Crippen molar-refractivity contribution in [3.63, 3.8) is 0 Å². The number of imide groups is 1. The SMILES string of the molecule is C=C(CC(=O)OC)C(=O)OCCOc1ccc(/C=C/C(=O)Oc2ccc(OCCN3C(=O)C=CC3=O)cc2)c(CC)c1. The van der Waals surface area contributed by atoms with E-state index in [0.717, 1.165) is 16.0 Å². The largest absolute Gasteiger partial charge is 0.492 e. The van der Waals surface area contributed by atoms with E-state index in [2.05, 4.69) is 11.3 Å². The van der Waals surface area contributed by atoms with E-state index in [1.165, 1.54) is 25.3 Å². The van der Waals surface area contributed by atoms with Crippen LogP contribution in [0.2, 0.25) is 0 Å². The Labute approximate surface area is 242 Å². The van der Waals surface area contributed by atoms with Crippen LogP contribution in [0.1, 0.15) is 24.5 Å². The molecule has 3 rings (SSSR count). The van der Waals surface area contributed by atoms with Crippen molar-refractivity contribution in [3.8, 4) is 17.2 Å².